The zero-order valence-corrected chi connectivity index (χ0v) is 16.9. The number of carbonyl (C=O) groups is 1. The molecule has 0 spiro atoms. The van der Waals surface area contributed by atoms with E-state index in [0.29, 0.717) is 0 Å². The average Bonchev–Trinajstić information content (AvgIpc) is 2.97. The number of anilines is 1. The van der Waals surface area contributed by atoms with E-state index in [9.17, 15) is 4.79 Å². The van der Waals surface area contributed by atoms with Crippen LogP contribution in [0.4, 0.5) is 5.69 Å². The summed E-state index contributed by atoms with van der Waals surface area (Å²) in [7, 11) is 0. The van der Waals surface area contributed by atoms with E-state index < -0.39 is 0 Å². The molecule has 0 radical (unpaired) electrons. The Morgan fingerprint density at radius 2 is 2.00 bits per heavy atom. The standard InChI is InChI=1S/C15H18BrN3OS3/c1-3-4-9-21-14-18-19-15(23-14)22-10(2)13(20)17-12-7-5-11(16)6-8-12/h5-8,10H,3-4,9H2,1-2H3,(H,17,20). The number of halogens is 1. The number of thioether (sulfide) groups is 2. The van der Waals surface area contributed by atoms with Crippen molar-refractivity contribution in [3.8, 4) is 0 Å². The SMILES string of the molecule is CCCCSc1nnc(SC(C)C(=O)Nc2ccc(Br)cc2)s1. The number of hydrogen-bond donors (Lipinski definition) is 1. The molecule has 1 heterocycles. The third-order valence-corrected chi connectivity index (χ3v) is 6.73. The molecule has 0 bridgehead atoms. The van der Waals surface area contributed by atoms with Gasteiger partial charge in [-0.2, -0.15) is 0 Å². The molecular weight excluding hydrogens is 414 g/mol. The first-order valence-electron chi connectivity index (χ1n) is 7.28. The van der Waals surface area contributed by atoms with Gasteiger partial charge in [0.15, 0.2) is 8.68 Å². The van der Waals surface area contributed by atoms with Crippen LogP contribution in [0.15, 0.2) is 37.4 Å². The van der Waals surface area contributed by atoms with Crippen molar-refractivity contribution in [3.05, 3.63) is 28.7 Å². The molecule has 1 N–H and O–H groups in total. The molecule has 8 heteroatoms. The van der Waals surface area contributed by atoms with Gasteiger partial charge in [-0.25, -0.2) is 0 Å². The number of amides is 1. The minimum absolute atomic E-state index is 0.0345. The average molecular weight is 432 g/mol. The van der Waals surface area contributed by atoms with Crippen molar-refractivity contribution in [2.24, 2.45) is 0 Å². The molecule has 0 saturated carbocycles. The first-order valence-corrected chi connectivity index (χ1v) is 10.8. The lowest BCUT2D eigenvalue weighted by molar-refractivity contribution is -0.115. The van der Waals surface area contributed by atoms with Gasteiger partial charge in [0, 0.05) is 15.9 Å². The van der Waals surface area contributed by atoms with Gasteiger partial charge in [-0.3, -0.25) is 4.79 Å². The lowest BCUT2D eigenvalue weighted by atomic mass is 10.3. The maximum Gasteiger partial charge on any atom is 0.237 e. The smallest absolute Gasteiger partial charge is 0.237 e. The van der Waals surface area contributed by atoms with Crippen LogP contribution in [-0.4, -0.2) is 27.1 Å². The molecule has 1 unspecified atom stereocenters. The Morgan fingerprint density at radius 3 is 2.70 bits per heavy atom. The maximum absolute atomic E-state index is 12.2. The topological polar surface area (TPSA) is 54.9 Å². The molecule has 0 fully saturated rings. The number of unbranched alkanes of at least 4 members (excludes halogenated alkanes) is 1. The molecule has 1 aromatic carbocycles. The predicted molar refractivity (Wildman–Crippen MR) is 104 cm³/mol. The molecule has 1 aromatic heterocycles. The summed E-state index contributed by atoms with van der Waals surface area (Å²) in [6.07, 6.45) is 2.36. The number of aromatic nitrogens is 2. The van der Waals surface area contributed by atoms with Crippen LogP contribution < -0.4 is 5.32 Å². The van der Waals surface area contributed by atoms with Crippen LogP contribution in [0.3, 0.4) is 0 Å². The van der Waals surface area contributed by atoms with Crippen molar-refractivity contribution in [1.29, 1.82) is 0 Å². The lowest BCUT2D eigenvalue weighted by Gasteiger charge is -2.10. The van der Waals surface area contributed by atoms with Crippen LogP contribution in [0, 0.1) is 0 Å². The quantitative estimate of drug-likeness (QED) is 0.453. The van der Waals surface area contributed by atoms with Crippen LogP contribution in [-0.2, 0) is 4.79 Å². The number of nitrogens with one attached hydrogen (secondary N) is 1. The second-order valence-corrected chi connectivity index (χ2v) is 9.62. The van der Waals surface area contributed by atoms with E-state index >= 15 is 0 Å². The van der Waals surface area contributed by atoms with Gasteiger partial charge in [-0.15, -0.1) is 10.2 Å². The normalized spacial score (nSPS) is 12.1. The van der Waals surface area contributed by atoms with Crippen LogP contribution in [0.2, 0.25) is 0 Å². The van der Waals surface area contributed by atoms with Gasteiger partial charge in [0.1, 0.15) is 0 Å². The minimum Gasteiger partial charge on any atom is -0.325 e. The Kier molecular flexibility index (Phi) is 7.88. The van der Waals surface area contributed by atoms with Crippen molar-refractivity contribution in [3.63, 3.8) is 0 Å². The van der Waals surface area contributed by atoms with Crippen molar-refractivity contribution in [1.82, 2.24) is 10.2 Å². The Bertz CT molecular complexity index is 633. The molecule has 4 nitrogen and oxygen atoms in total. The van der Waals surface area contributed by atoms with Crippen LogP contribution >= 0.6 is 50.8 Å². The summed E-state index contributed by atoms with van der Waals surface area (Å²) in [4.78, 5) is 12.2. The molecule has 0 saturated heterocycles. The van der Waals surface area contributed by atoms with Gasteiger partial charge >= 0.3 is 0 Å². The Balaban J connectivity index is 1.84. The largest absolute Gasteiger partial charge is 0.325 e. The molecule has 2 rings (SSSR count). The van der Waals surface area contributed by atoms with Gasteiger partial charge in [0.05, 0.1) is 5.25 Å². The number of carbonyl (C=O) groups excluding carboxylic acids is 1. The number of rotatable bonds is 8. The summed E-state index contributed by atoms with van der Waals surface area (Å²) >= 11 is 8.11. The summed E-state index contributed by atoms with van der Waals surface area (Å²) < 4.78 is 2.80. The Morgan fingerprint density at radius 1 is 1.30 bits per heavy atom. The van der Waals surface area contributed by atoms with E-state index in [1.54, 1.807) is 23.1 Å². The van der Waals surface area contributed by atoms with Gasteiger partial charge in [-0.1, -0.05) is 64.1 Å². The van der Waals surface area contributed by atoms with Gasteiger partial charge in [0.2, 0.25) is 5.91 Å². The van der Waals surface area contributed by atoms with Crippen molar-refractivity contribution >= 4 is 62.4 Å². The first kappa shape index (κ1) is 18.8. The summed E-state index contributed by atoms with van der Waals surface area (Å²) in [5, 5.41) is 11.0. The predicted octanol–water partition coefficient (Wildman–Crippen LogP) is 5.31. The van der Waals surface area contributed by atoms with Gasteiger partial charge in [0.25, 0.3) is 0 Å². The van der Waals surface area contributed by atoms with E-state index in [0.717, 1.165) is 24.6 Å². The molecule has 0 aliphatic rings. The van der Waals surface area contributed by atoms with E-state index in [1.807, 2.05) is 31.2 Å². The number of hydrogen-bond acceptors (Lipinski definition) is 6. The second-order valence-electron chi connectivity index (χ2n) is 4.79. The molecular formula is C15H18BrN3OS3. The fraction of sp³-hybridized carbons (Fsp3) is 0.400. The summed E-state index contributed by atoms with van der Waals surface area (Å²) in [5.74, 6) is 1.03. The molecule has 0 aliphatic carbocycles. The fourth-order valence-corrected chi connectivity index (χ4v) is 5.17. The summed E-state index contributed by atoms with van der Waals surface area (Å²) in [6, 6.07) is 7.54. The van der Waals surface area contributed by atoms with Crippen molar-refractivity contribution < 1.29 is 4.79 Å². The van der Waals surface area contributed by atoms with Gasteiger partial charge < -0.3 is 5.32 Å². The molecule has 124 valence electrons. The van der Waals surface area contributed by atoms with Crippen LogP contribution in [0.1, 0.15) is 26.7 Å². The highest BCUT2D eigenvalue weighted by atomic mass is 79.9. The van der Waals surface area contributed by atoms with E-state index in [-0.39, 0.29) is 11.2 Å². The minimum atomic E-state index is -0.222. The molecule has 1 atom stereocenters. The van der Waals surface area contributed by atoms with Gasteiger partial charge in [-0.05, 0) is 37.6 Å². The highest BCUT2D eigenvalue weighted by Gasteiger charge is 2.17. The van der Waals surface area contributed by atoms with E-state index in [2.05, 4.69) is 38.4 Å². The van der Waals surface area contributed by atoms with Crippen LogP contribution in [0.25, 0.3) is 0 Å². The molecule has 23 heavy (non-hydrogen) atoms. The van der Waals surface area contributed by atoms with Crippen LogP contribution in [0.5, 0.6) is 0 Å². The summed E-state index contributed by atoms with van der Waals surface area (Å²) in [6.45, 7) is 4.05. The number of nitrogens with zero attached hydrogens (tertiary/aromatic N) is 2. The van der Waals surface area contributed by atoms with E-state index in [1.165, 1.54) is 24.6 Å². The van der Waals surface area contributed by atoms with Crippen molar-refractivity contribution in [2.45, 2.75) is 40.6 Å². The Labute approximate surface area is 157 Å². The fourth-order valence-electron chi connectivity index (χ4n) is 1.59. The van der Waals surface area contributed by atoms with Crippen molar-refractivity contribution in [2.75, 3.05) is 11.1 Å². The third-order valence-electron chi connectivity index (χ3n) is 2.87. The highest BCUT2D eigenvalue weighted by Crippen LogP contribution is 2.32. The Hall–Kier alpha value is -0.570. The highest BCUT2D eigenvalue weighted by molar-refractivity contribution is 9.10. The monoisotopic (exact) mass is 431 g/mol. The number of benzene rings is 1. The lowest BCUT2D eigenvalue weighted by Crippen LogP contribution is -2.22. The summed E-state index contributed by atoms with van der Waals surface area (Å²) in [5.41, 5.74) is 0.790. The van der Waals surface area contributed by atoms with E-state index in [4.69, 9.17) is 0 Å². The second kappa shape index (κ2) is 9.66. The molecule has 2 aromatic rings. The third kappa shape index (κ3) is 6.45. The molecule has 1 amide bonds. The zero-order chi connectivity index (χ0) is 16.7. The zero-order valence-electron chi connectivity index (χ0n) is 12.9. The first-order chi connectivity index (χ1) is 11.1. The maximum atomic E-state index is 12.2. The molecule has 0 aliphatic heterocycles.